The van der Waals surface area contributed by atoms with E-state index in [1.165, 1.54) is 4.90 Å². The van der Waals surface area contributed by atoms with Crippen LogP contribution in [0, 0.1) is 0 Å². The zero-order valence-electron chi connectivity index (χ0n) is 12.2. The Labute approximate surface area is 119 Å². The van der Waals surface area contributed by atoms with Gasteiger partial charge in [-0.3, -0.25) is 4.79 Å². The number of likely N-dealkylation sites (tertiary alicyclic amines) is 1. The van der Waals surface area contributed by atoms with Crippen LogP contribution in [0.2, 0.25) is 0 Å². The standard InChI is InChI=1S/C16H21NO3/c1-16(2,3)12-8-5-4-7-11(12)14(18)17-10-6-9-13(17)15(19)20/h4-5,7-8,13H,6,9-10H2,1-3H3,(H,19,20)/t13-/m1/s1. The highest BCUT2D eigenvalue weighted by atomic mass is 16.4. The van der Waals surface area contributed by atoms with Crippen LogP contribution in [0.4, 0.5) is 0 Å². The number of hydrogen-bond acceptors (Lipinski definition) is 2. The van der Waals surface area contributed by atoms with Crippen molar-refractivity contribution in [1.29, 1.82) is 0 Å². The molecule has 1 aliphatic heterocycles. The summed E-state index contributed by atoms with van der Waals surface area (Å²) in [5.74, 6) is -1.08. The molecule has 0 bridgehead atoms. The summed E-state index contributed by atoms with van der Waals surface area (Å²) in [4.78, 5) is 25.4. The third kappa shape index (κ3) is 2.69. The predicted octanol–water partition coefficient (Wildman–Crippen LogP) is 2.67. The summed E-state index contributed by atoms with van der Waals surface area (Å²) < 4.78 is 0. The van der Waals surface area contributed by atoms with E-state index in [0.29, 0.717) is 18.5 Å². The number of carboxylic acid groups (broad SMARTS) is 1. The Balaban J connectivity index is 2.37. The van der Waals surface area contributed by atoms with Gasteiger partial charge in [-0.15, -0.1) is 0 Å². The minimum Gasteiger partial charge on any atom is -0.480 e. The number of carboxylic acids is 1. The lowest BCUT2D eigenvalue weighted by Gasteiger charge is -2.27. The van der Waals surface area contributed by atoms with Gasteiger partial charge in [0.25, 0.3) is 5.91 Å². The third-order valence-corrected chi connectivity index (χ3v) is 3.76. The van der Waals surface area contributed by atoms with Crippen LogP contribution in [0.25, 0.3) is 0 Å². The number of benzene rings is 1. The van der Waals surface area contributed by atoms with Crippen molar-refractivity contribution in [2.45, 2.75) is 45.1 Å². The Bertz CT molecular complexity index is 531. The number of aliphatic carboxylic acids is 1. The molecule has 4 nitrogen and oxygen atoms in total. The first kappa shape index (κ1) is 14.6. The van der Waals surface area contributed by atoms with Crippen LogP contribution in [-0.2, 0) is 10.2 Å². The Morgan fingerprint density at radius 3 is 2.50 bits per heavy atom. The van der Waals surface area contributed by atoms with E-state index in [9.17, 15) is 14.7 Å². The highest BCUT2D eigenvalue weighted by Gasteiger charge is 2.35. The first-order valence-corrected chi connectivity index (χ1v) is 6.95. The average Bonchev–Trinajstić information content (AvgIpc) is 2.86. The van der Waals surface area contributed by atoms with Crippen LogP contribution in [0.3, 0.4) is 0 Å². The predicted molar refractivity (Wildman–Crippen MR) is 76.8 cm³/mol. The average molecular weight is 275 g/mol. The highest BCUT2D eigenvalue weighted by Crippen LogP contribution is 2.28. The van der Waals surface area contributed by atoms with E-state index < -0.39 is 12.0 Å². The molecule has 1 aromatic carbocycles. The number of amides is 1. The molecule has 0 spiro atoms. The van der Waals surface area contributed by atoms with Crippen molar-refractivity contribution in [3.63, 3.8) is 0 Å². The molecular weight excluding hydrogens is 254 g/mol. The number of carbonyl (C=O) groups excluding carboxylic acids is 1. The number of carbonyl (C=O) groups is 2. The molecule has 0 unspecified atom stereocenters. The lowest BCUT2D eigenvalue weighted by Crippen LogP contribution is -2.41. The lowest BCUT2D eigenvalue weighted by atomic mass is 9.83. The van der Waals surface area contributed by atoms with Crippen LogP contribution >= 0.6 is 0 Å². The van der Waals surface area contributed by atoms with Gasteiger partial charge in [-0.05, 0) is 29.9 Å². The van der Waals surface area contributed by atoms with Crippen molar-refractivity contribution in [1.82, 2.24) is 4.90 Å². The van der Waals surface area contributed by atoms with Gasteiger partial charge >= 0.3 is 5.97 Å². The van der Waals surface area contributed by atoms with Gasteiger partial charge in [0.1, 0.15) is 6.04 Å². The van der Waals surface area contributed by atoms with Crippen LogP contribution < -0.4 is 0 Å². The van der Waals surface area contributed by atoms with E-state index in [2.05, 4.69) is 20.8 Å². The lowest BCUT2D eigenvalue weighted by molar-refractivity contribution is -0.141. The molecule has 20 heavy (non-hydrogen) atoms. The van der Waals surface area contributed by atoms with Gasteiger partial charge in [0.15, 0.2) is 0 Å². The Kier molecular flexibility index (Phi) is 3.84. The molecule has 1 amide bonds. The van der Waals surface area contributed by atoms with Crippen molar-refractivity contribution in [2.24, 2.45) is 0 Å². The monoisotopic (exact) mass is 275 g/mol. The summed E-state index contributed by atoms with van der Waals surface area (Å²) in [7, 11) is 0. The molecule has 1 saturated heterocycles. The number of hydrogen-bond donors (Lipinski definition) is 1. The fourth-order valence-corrected chi connectivity index (χ4v) is 2.74. The van der Waals surface area contributed by atoms with E-state index in [1.54, 1.807) is 6.07 Å². The minimum atomic E-state index is -0.913. The van der Waals surface area contributed by atoms with E-state index in [-0.39, 0.29) is 11.3 Å². The molecule has 0 radical (unpaired) electrons. The van der Waals surface area contributed by atoms with Crippen molar-refractivity contribution in [3.05, 3.63) is 35.4 Å². The van der Waals surface area contributed by atoms with Gasteiger partial charge in [-0.1, -0.05) is 39.0 Å². The molecule has 1 fully saturated rings. The SMILES string of the molecule is CC(C)(C)c1ccccc1C(=O)N1CCC[C@@H]1C(=O)O. The van der Waals surface area contributed by atoms with Gasteiger partial charge in [0, 0.05) is 12.1 Å². The molecule has 2 rings (SSSR count). The van der Waals surface area contributed by atoms with Crippen LogP contribution in [0.5, 0.6) is 0 Å². The smallest absolute Gasteiger partial charge is 0.326 e. The fourth-order valence-electron chi connectivity index (χ4n) is 2.74. The summed E-state index contributed by atoms with van der Waals surface area (Å²) >= 11 is 0. The molecular formula is C16H21NO3. The van der Waals surface area contributed by atoms with Gasteiger partial charge in [-0.25, -0.2) is 4.79 Å². The number of rotatable bonds is 2. The summed E-state index contributed by atoms with van der Waals surface area (Å²) in [6.45, 7) is 6.68. The zero-order chi connectivity index (χ0) is 14.9. The first-order valence-electron chi connectivity index (χ1n) is 6.95. The van der Waals surface area contributed by atoms with Crippen molar-refractivity contribution < 1.29 is 14.7 Å². The van der Waals surface area contributed by atoms with Crippen LogP contribution in [0.1, 0.15) is 49.5 Å². The number of nitrogens with zero attached hydrogens (tertiary/aromatic N) is 1. The maximum Gasteiger partial charge on any atom is 0.326 e. The molecule has 4 heteroatoms. The van der Waals surface area contributed by atoms with Crippen LogP contribution in [0.15, 0.2) is 24.3 Å². The Hall–Kier alpha value is -1.84. The first-order chi connectivity index (χ1) is 9.32. The fraction of sp³-hybridized carbons (Fsp3) is 0.500. The largest absolute Gasteiger partial charge is 0.480 e. The zero-order valence-corrected chi connectivity index (χ0v) is 12.2. The van der Waals surface area contributed by atoms with Gasteiger partial charge in [0.05, 0.1) is 0 Å². The Morgan fingerprint density at radius 2 is 1.90 bits per heavy atom. The summed E-state index contributed by atoms with van der Waals surface area (Å²) in [5, 5.41) is 9.21. The van der Waals surface area contributed by atoms with E-state index >= 15 is 0 Å². The second-order valence-electron chi connectivity index (χ2n) is 6.29. The Morgan fingerprint density at radius 1 is 1.25 bits per heavy atom. The summed E-state index contributed by atoms with van der Waals surface area (Å²) in [5.41, 5.74) is 1.43. The topological polar surface area (TPSA) is 57.6 Å². The van der Waals surface area contributed by atoms with E-state index in [4.69, 9.17) is 0 Å². The van der Waals surface area contributed by atoms with Gasteiger partial charge in [0.2, 0.25) is 0 Å². The van der Waals surface area contributed by atoms with Crippen molar-refractivity contribution >= 4 is 11.9 Å². The van der Waals surface area contributed by atoms with Crippen molar-refractivity contribution in [3.8, 4) is 0 Å². The van der Waals surface area contributed by atoms with Crippen molar-refractivity contribution in [2.75, 3.05) is 6.54 Å². The van der Waals surface area contributed by atoms with E-state index in [1.807, 2.05) is 18.2 Å². The molecule has 0 saturated carbocycles. The minimum absolute atomic E-state index is 0.148. The molecule has 108 valence electrons. The van der Waals surface area contributed by atoms with Crippen LogP contribution in [-0.4, -0.2) is 34.5 Å². The maximum atomic E-state index is 12.7. The molecule has 0 aliphatic carbocycles. The molecule has 1 N–H and O–H groups in total. The molecule has 0 aromatic heterocycles. The van der Waals surface area contributed by atoms with E-state index in [0.717, 1.165) is 12.0 Å². The highest BCUT2D eigenvalue weighted by molar-refractivity contribution is 5.98. The summed E-state index contributed by atoms with van der Waals surface area (Å²) in [6, 6.07) is 6.79. The normalized spacial score (nSPS) is 19.1. The van der Waals surface area contributed by atoms with Gasteiger partial charge < -0.3 is 10.0 Å². The maximum absolute atomic E-state index is 12.7. The molecule has 1 heterocycles. The quantitative estimate of drug-likeness (QED) is 0.902. The second-order valence-corrected chi connectivity index (χ2v) is 6.29. The molecule has 1 atom stereocenters. The second kappa shape index (κ2) is 5.27. The molecule has 1 aliphatic rings. The third-order valence-electron chi connectivity index (χ3n) is 3.76. The summed E-state index contributed by atoms with van der Waals surface area (Å²) in [6.07, 6.45) is 1.29. The molecule has 1 aromatic rings. The van der Waals surface area contributed by atoms with Gasteiger partial charge in [-0.2, -0.15) is 0 Å².